The highest BCUT2D eigenvalue weighted by atomic mass is 19.1. The molecule has 0 aliphatic heterocycles. The number of halogens is 1. The van der Waals surface area contributed by atoms with Gasteiger partial charge in [-0.3, -0.25) is 4.79 Å². The van der Waals surface area contributed by atoms with E-state index in [-0.39, 0.29) is 23.1 Å². The Labute approximate surface area is 104 Å². The summed E-state index contributed by atoms with van der Waals surface area (Å²) in [6.45, 7) is 3.94. The van der Waals surface area contributed by atoms with Crippen molar-refractivity contribution in [3.8, 4) is 11.5 Å². The summed E-state index contributed by atoms with van der Waals surface area (Å²) in [4.78, 5) is 15.7. The number of carbonyl (C=O) groups is 1. The van der Waals surface area contributed by atoms with Gasteiger partial charge in [-0.05, 0) is 26.0 Å². The van der Waals surface area contributed by atoms with E-state index < -0.39 is 5.82 Å². The van der Waals surface area contributed by atoms with E-state index in [1.165, 1.54) is 6.07 Å². The molecule has 1 amide bonds. The number of nitrogens with one attached hydrogen (secondary N) is 1. The largest absolute Gasteiger partial charge is 0.440 e. The molecular weight excluding hydrogens is 235 g/mol. The lowest BCUT2D eigenvalue weighted by Gasteiger charge is -1.97. The van der Waals surface area contributed by atoms with E-state index in [9.17, 15) is 9.18 Å². The topological polar surface area (TPSA) is 55.1 Å². The molecule has 1 aromatic carbocycles. The molecule has 0 atom stereocenters. The van der Waals surface area contributed by atoms with Crippen LogP contribution in [0.25, 0.3) is 11.5 Å². The number of rotatable bonds is 3. The fourth-order valence-corrected chi connectivity index (χ4v) is 1.60. The summed E-state index contributed by atoms with van der Waals surface area (Å²) in [5, 5.41) is 2.63. The fraction of sp³-hybridized carbons (Fsp3) is 0.231. The second kappa shape index (κ2) is 5.00. The Hall–Kier alpha value is -2.17. The molecule has 0 aliphatic carbocycles. The maximum absolute atomic E-state index is 13.6. The standard InChI is InChI=1S/C13H13FN2O2/c1-3-15-12(17)11-8(2)18-13(16-11)9-6-4-5-7-10(9)14/h4-7H,3H2,1-2H3,(H,15,17). The fourth-order valence-electron chi connectivity index (χ4n) is 1.60. The molecule has 5 heteroatoms. The first kappa shape index (κ1) is 12.3. The molecule has 94 valence electrons. The van der Waals surface area contributed by atoms with Crippen molar-refractivity contribution < 1.29 is 13.6 Å². The van der Waals surface area contributed by atoms with Crippen LogP contribution in [0.15, 0.2) is 28.7 Å². The molecule has 1 heterocycles. The number of hydrogen-bond acceptors (Lipinski definition) is 3. The number of benzene rings is 1. The highest BCUT2D eigenvalue weighted by Gasteiger charge is 2.18. The van der Waals surface area contributed by atoms with Crippen LogP contribution in [0.4, 0.5) is 4.39 Å². The van der Waals surface area contributed by atoms with Crippen LogP contribution in [0.1, 0.15) is 23.2 Å². The zero-order valence-electron chi connectivity index (χ0n) is 10.2. The lowest BCUT2D eigenvalue weighted by atomic mass is 10.2. The Kier molecular flexibility index (Phi) is 3.41. The maximum atomic E-state index is 13.6. The van der Waals surface area contributed by atoms with Gasteiger partial charge in [0.15, 0.2) is 5.69 Å². The van der Waals surface area contributed by atoms with Crippen LogP contribution in [0.2, 0.25) is 0 Å². The van der Waals surface area contributed by atoms with Crippen molar-refractivity contribution in [2.45, 2.75) is 13.8 Å². The maximum Gasteiger partial charge on any atom is 0.273 e. The number of aryl methyl sites for hydroxylation is 1. The third-order valence-electron chi connectivity index (χ3n) is 2.45. The number of carbonyl (C=O) groups excluding carboxylic acids is 1. The van der Waals surface area contributed by atoms with Crippen molar-refractivity contribution >= 4 is 5.91 Å². The summed E-state index contributed by atoms with van der Waals surface area (Å²) >= 11 is 0. The molecule has 4 nitrogen and oxygen atoms in total. The first-order chi connectivity index (χ1) is 8.63. The molecule has 1 N–H and O–H groups in total. The van der Waals surface area contributed by atoms with Crippen LogP contribution in [0, 0.1) is 12.7 Å². The Balaban J connectivity index is 2.41. The van der Waals surface area contributed by atoms with Crippen molar-refractivity contribution in [3.05, 3.63) is 41.5 Å². The molecule has 0 unspecified atom stereocenters. The van der Waals surface area contributed by atoms with E-state index in [0.717, 1.165) is 0 Å². The number of amides is 1. The van der Waals surface area contributed by atoms with E-state index in [2.05, 4.69) is 10.3 Å². The van der Waals surface area contributed by atoms with Gasteiger partial charge in [0.2, 0.25) is 5.89 Å². The zero-order valence-corrected chi connectivity index (χ0v) is 10.2. The Morgan fingerprint density at radius 2 is 2.17 bits per heavy atom. The van der Waals surface area contributed by atoms with Crippen LogP contribution in [0.3, 0.4) is 0 Å². The lowest BCUT2D eigenvalue weighted by molar-refractivity contribution is 0.0950. The molecule has 0 aliphatic rings. The van der Waals surface area contributed by atoms with E-state index in [0.29, 0.717) is 12.3 Å². The van der Waals surface area contributed by atoms with Crippen LogP contribution in [0.5, 0.6) is 0 Å². The molecule has 0 saturated carbocycles. The van der Waals surface area contributed by atoms with E-state index in [1.807, 2.05) is 6.92 Å². The minimum absolute atomic E-state index is 0.117. The van der Waals surface area contributed by atoms with Gasteiger partial charge in [-0.25, -0.2) is 9.37 Å². The van der Waals surface area contributed by atoms with Gasteiger partial charge in [-0.1, -0.05) is 12.1 Å². The second-order valence-electron chi connectivity index (χ2n) is 3.76. The van der Waals surface area contributed by atoms with Gasteiger partial charge in [0.1, 0.15) is 11.6 Å². The highest BCUT2D eigenvalue weighted by molar-refractivity contribution is 5.93. The van der Waals surface area contributed by atoms with E-state index in [4.69, 9.17) is 4.42 Å². The average Bonchev–Trinajstić information content (AvgIpc) is 2.72. The van der Waals surface area contributed by atoms with Crippen LogP contribution in [-0.2, 0) is 0 Å². The van der Waals surface area contributed by atoms with Gasteiger partial charge >= 0.3 is 0 Å². The summed E-state index contributed by atoms with van der Waals surface area (Å²) in [5.41, 5.74) is 0.436. The second-order valence-corrected chi connectivity index (χ2v) is 3.76. The first-order valence-corrected chi connectivity index (χ1v) is 5.64. The van der Waals surface area contributed by atoms with Crippen LogP contribution in [-0.4, -0.2) is 17.4 Å². The minimum Gasteiger partial charge on any atom is -0.440 e. The summed E-state index contributed by atoms with van der Waals surface area (Å²) < 4.78 is 18.9. The molecule has 1 aromatic heterocycles. The smallest absolute Gasteiger partial charge is 0.273 e. The summed E-state index contributed by atoms with van der Waals surface area (Å²) in [6, 6.07) is 6.14. The van der Waals surface area contributed by atoms with Crippen molar-refractivity contribution in [1.82, 2.24) is 10.3 Å². The van der Waals surface area contributed by atoms with Gasteiger partial charge in [0.05, 0.1) is 5.56 Å². The van der Waals surface area contributed by atoms with Gasteiger partial charge in [0.25, 0.3) is 5.91 Å². The van der Waals surface area contributed by atoms with E-state index in [1.54, 1.807) is 25.1 Å². The summed E-state index contributed by atoms with van der Waals surface area (Å²) in [6.07, 6.45) is 0. The zero-order chi connectivity index (χ0) is 13.1. The third kappa shape index (κ3) is 2.25. The predicted molar refractivity (Wildman–Crippen MR) is 64.6 cm³/mol. The molecule has 0 bridgehead atoms. The normalized spacial score (nSPS) is 10.4. The molecule has 0 saturated heterocycles. The Morgan fingerprint density at radius 1 is 1.44 bits per heavy atom. The monoisotopic (exact) mass is 248 g/mol. The van der Waals surface area contributed by atoms with E-state index >= 15 is 0 Å². The summed E-state index contributed by atoms with van der Waals surface area (Å²) in [5.74, 6) is -0.256. The average molecular weight is 248 g/mol. The number of hydrogen-bond donors (Lipinski definition) is 1. The van der Waals surface area contributed by atoms with Gasteiger partial charge in [0, 0.05) is 6.54 Å². The van der Waals surface area contributed by atoms with Crippen LogP contribution < -0.4 is 5.32 Å². The quantitative estimate of drug-likeness (QED) is 0.908. The predicted octanol–water partition coefficient (Wildman–Crippen LogP) is 2.54. The number of nitrogens with zero attached hydrogens (tertiary/aromatic N) is 1. The number of aromatic nitrogens is 1. The first-order valence-electron chi connectivity index (χ1n) is 5.64. The molecule has 18 heavy (non-hydrogen) atoms. The van der Waals surface area contributed by atoms with Crippen LogP contribution >= 0.6 is 0 Å². The Bertz CT molecular complexity index is 578. The van der Waals surface area contributed by atoms with Crippen molar-refractivity contribution in [3.63, 3.8) is 0 Å². The molecule has 2 aromatic rings. The van der Waals surface area contributed by atoms with Crippen molar-refractivity contribution in [1.29, 1.82) is 0 Å². The molecular formula is C13H13FN2O2. The van der Waals surface area contributed by atoms with Crippen molar-refractivity contribution in [2.24, 2.45) is 0 Å². The molecule has 0 spiro atoms. The van der Waals surface area contributed by atoms with Gasteiger partial charge in [-0.15, -0.1) is 0 Å². The molecule has 0 radical (unpaired) electrons. The molecule has 0 fully saturated rings. The Morgan fingerprint density at radius 3 is 2.83 bits per heavy atom. The lowest BCUT2D eigenvalue weighted by Crippen LogP contribution is -2.23. The van der Waals surface area contributed by atoms with Gasteiger partial charge in [-0.2, -0.15) is 0 Å². The summed E-state index contributed by atoms with van der Waals surface area (Å²) in [7, 11) is 0. The number of oxazole rings is 1. The minimum atomic E-state index is -0.429. The third-order valence-corrected chi connectivity index (χ3v) is 2.45. The highest BCUT2D eigenvalue weighted by Crippen LogP contribution is 2.24. The van der Waals surface area contributed by atoms with Gasteiger partial charge < -0.3 is 9.73 Å². The molecule has 2 rings (SSSR count). The van der Waals surface area contributed by atoms with Crippen molar-refractivity contribution in [2.75, 3.05) is 6.54 Å². The SMILES string of the molecule is CCNC(=O)c1nc(-c2ccccc2F)oc1C.